The summed E-state index contributed by atoms with van der Waals surface area (Å²) in [5.74, 6) is -0.850. The summed E-state index contributed by atoms with van der Waals surface area (Å²) in [6.45, 7) is 8.63. The number of amides is 2. The molecule has 2 amide bonds. The fraction of sp³-hybridized carbons (Fsp3) is 0.333. The summed E-state index contributed by atoms with van der Waals surface area (Å²) >= 11 is 18.9. The van der Waals surface area contributed by atoms with Gasteiger partial charge in [0, 0.05) is 37.2 Å². The summed E-state index contributed by atoms with van der Waals surface area (Å²) in [6.07, 6.45) is -0.904. The van der Waals surface area contributed by atoms with Crippen LogP contribution in [0.1, 0.15) is 72.0 Å². The maximum atomic E-state index is 12.3. The van der Waals surface area contributed by atoms with Gasteiger partial charge in [0.05, 0.1) is 53.9 Å². The maximum Gasteiger partial charge on any atom is 0.420 e. The Bertz CT molecular complexity index is 2650. The van der Waals surface area contributed by atoms with Crippen molar-refractivity contribution >= 4 is 127 Å². The van der Waals surface area contributed by atoms with Crippen molar-refractivity contribution < 1.29 is 37.5 Å². The van der Waals surface area contributed by atoms with Crippen LogP contribution in [-0.4, -0.2) is 64.2 Å². The van der Waals surface area contributed by atoms with E-state index in [4.69, 9.17) is 58.8 Å². The van der Waals surface area contributed by atoms with E-state index in [2.05, 4.69) is 0 Å². The Morgan fingerprint density at radius 1 is 0.717 bits per heavy atom. The molecule has 2 aromatic carbocycles. The number of nitrogens with zero attached hydrogens (tertiary/aromatic N) is 4. The van der Waals surface area contributed by atoms with Gasteiger partial charge in [0.2, 0.25) is 0 Å². The van der Waals surface area contributed by atoms with Crippen molar-refractivity contribution in [3.63, 3.8) is 0 Å². The zero-order valence-corrected chi connectivity index (χ0v) is 37.1. The summed E-state index contributed by atoms with van der Waals surface area (Å²) < 4.78 is 25.4. The van der Waals surface area contributed by atoms with E-state index in [1.165, 1.54) is 32.5 Å². The molecule has 2 N–H and O–H groups in total. The number of benzene rings is 2. The Kier molecular flexibility index (Phi) is 15.4. The van der Waals surface area contributed by atoms with Crippen LogP contribution in [0.15, 0.2) is 79.1 Å². The highest BCUT2D eigenvalue weighted by Crippen LogP contribution is 2.30. The van der Waals surface area contributed by atoms with Crippen LogP contribution in [0.3, 0.4) is 0 Å². The van der Waals surface area contributed by atoms with Crippen molar-refractivity contribution in [3.8, 4) is 0 Å². The standard InChI is InChI=1S/C20H19ClN2O5S.C14H17N3O4.C5H2Cl2OS.ClH/c1-11(2)23-14-5-3-12(9-16(14)28-20(23)26)22-10-13(27-19(22)25)4-6-15(24)17-7-8-18(21)29-17;1-8(2)17-11-4-3-9(5-12(11)21-14(17)19)16-7-10(6-15)20-13(16)18;6-4-2-1-3(9-4)5(7)8;/h3,5,7-9,11,13H,4,6,10H2,1-2H3;3-5,8,10H,6-7,15H2,1-2H3;1-2H;1H/t13-;10-;;/m00../s1. The molecule has 60 heavy (non-hydrogen) atoms. The lowest BCUT2D eigenvalue weighted by Crippen LogP contribution is -2.27. The average molecular weight is 944 g/mol. The number of carbonyl (C=O) groups excluding carboxylic acids is 4. The lowest BCUT2D eigenvalue weighted by Gasteiger charge is -2.13. The average Bonchev–Trinajstić information content (AvgIpc) is 4.04. The number of carbonyl (C=O) groups is 4. The molecule has 2 saturated heterocycles. The van der Waals surface area contributed by atoms with Crippen LogP contribution in [0.2, 0.25) is 8.67 Å². The highest BCUT2D eigenvalue weighted by Gasteiger charge is 2.34. The normalized spacial score (nSPS) is 16.1. The van der Waals surface area contributed by atoms with Gasteiger partial charge in [0.15, 0.2) is 16.9 Å². The third-order valence-corrected chi connectivity index (χ3v) is 12.0. The number of fused-ring (bicyclic) bond motifs is 2. The summed E-state index contributed by atoms with van der Waals surface area (Å²) in [5, 5.41) is -0.452. The number of oxazole rings is 2. The van der Waals surface area contributed by atoms with Crippen molar-refractivity contribution in [2.24, 2.45) is 5.73 Å². The quantitative estimate of drug-likeness (QED) is 0.102. The highest BCUT2D eigenvalue weighted by molar-refractivity contribution is 7.19. The minimum absolute atomic E-state index is 0. The zero-order chi connectivity index (χ0) is 42.7. The fourth-order valence-electron chi connectivity index (χ4n) is 6.40. The van der Waals surface area contributed by atoms with Gasteiger partial charge in [-0.05, 0) is 94.2 Å². The Hall–Kier alpha value is -4.62. The van der Waals surface area contributed by atoms with E-state index < -0.39 is 28.9 Å². The van der Waals surface area contributed by atoms with Gasteiger partial charge in [-0.2, -0.15) is 0 Å². The van der Waals surface area contributed by atoms with E-state index in [0.717, 1.165) is 0 Å². The molecule has 2 atom stereocenters. The van der Waals surface area contributed by atoms with E-state index in [-0.39, 0.29) is 55.4 Å². The molecule has 2 aliphatic heterocycles. The number of thiophene rings is 2. The molecule has 4 aromatic heterocycles. The van der Waals surface area contributed by atoms with E-state index in [0.29, 0.717) is 71.5 Å². The fourth-order valence-corrected chi connectivity index (χ4v) is 8.47. The highest BCUT2D eigenvalue weighted by atomic mass is 35.5. The number of hydrogen-bond donors (Lipinski definition) is 1. The van der Waals surface area contributed by atoms with Crippen molar-refractivity contribution in [1.82, 2.24) is 9.13 Å². The molecular weight excluding hydrogens is 904 g/mol. The van der Waals surface area contributed by atoms with Crippen molar-refractivity contribution in [3.05, 3.63) is 100 Å². The Morgan fingerprint density at radius 3 is 1.55 bits per heavy atom. The zero-order valence-electron chi connectivity index (χ0n) is 32.4. The number of aromatic nitrogens is 2. The molecule has 2 fully saturated rings. The third-order valence-electron chi connectivity index (χ3n) is 9.17. The van der Waals surface area contributed by atoms with Gasteiger partial charge in [0.1, 0.15) is 12.2 Å². The number of hydrogen-bond acceptors (Lipinski definition) is 13. The van der Waals surface area contributed by atoms with Crippen molar-refractivity contribution in [2.75, 3.05) is 29.4 Å². The number of nitrogens with two attached hydrogens (primary N) is 1. The summed E-state index contributed by atoms with van der Waals surface area (Å²) in [4.78, 5) is 74.7. The van der Waals surface area contributed by atoms with Gasteiger partial charge in [-0.25, -0.2) is 19.2 Å². The Balaban J connectivity index is 0.000000192. The number of ether oxygens (including phenoxy) is 2. The molecule has 6 aromatic rings. The third kappa shape index (κ3) is 10.5. The number of ketones is 1. The maximum absolute atomic E-state index is 12.3. The minimum atomic E-state index is -0.480. The Morgan fingerprint density at radius 2 is 1.17 bits per heavy atom. The van der Waals surface area contributed by atoms with Crippen LogP contribution in [-0.2, 0) is 9.47 Å². The first-order chi connectivity index (χ1) is 28.0. The molecule has 15 nitrogen and oxygen atoms in total. The second kappa shape index (κ2) is 19.8. The molecule has 0 spiro atoms. The van der Waals surface area contributed by atoms with Gasteiger partial charge in [-0.3, -0.25) is 28.5 Å². The lowest BCUT2D eigenvalue weighted by atomic mass is 10.1. The van der Waals surface area contributed by atoms with E-state index in [1.807, 2.05) is 27.7 Å². The smallest absolute Gasteiger partial charge is 0.420 e. The topological polar surface area (TPSA) is 190 Å². The van der Waals surface area contributed by atoms with Crippen LogP contribution in [0.4, 0.5) is 21.0 Å². The summed E-state index contributed by atoms with van der Waals surface area (Å²) in [6, 6.07) is 17.0. The van der Waals surface area contributed by atoms with Crippen LogP contribution in [0.25, 0.3) is 22.2 Å². The molecule has 2 aliphatic rings. The molecule has 320 valence electrons. The Labute approximate surface area is 371 Å². The largest absolute Gasteiger partial charge is 0.444 e. The number of rotatable bonds is 10. The molecule has 8 rings (SSSR count). The minimum Gasteiger partial charge on any atom is -0.444 e. The van der Waals surface area contributed by atoms with Crippen LogP contribution in [0, 0.1) is 0 Å². The lowest BCUT2D eigenvalue weighted by molar-refractivity contribution is 0.0943. The number of halogens is 4. The van der Waals surface area contributed by atoms with Crippen LogP contribution >= 0.6 is 69.9 Å². The molecule has 0 bridgehead atoms. The predicted octanol–water partition coefficient (Wildman–Crippen LogP) is 9.54. The second-order valence-electron chi connectivity index (χ2n) is 13.9. The molecule has 0 radical (unpaired) electrons. The van der Waals surface area contributed by atoms with Crippen LogP contribution < -0.4 is 27.0 Å². The van der Waals surface area contributed by atoms with E-state index >= 15 is 0 Å². The van der Waals surface area contributed by atoms with Gasteiger partial charge in [0.25, 0.3) is 5.24 Å². The van der Waals surface area contributed by atoms with Crippen molar-refractivity contribution in [2.45, 2.75) is 64.8 Å². The molecule has 0 aliphatic carbocycles. The van der Waals surface area contributed by atoms with Gasteiger partial charge < -0.3 is 24.0 Å². The molecule has 0 unspecified atom stereocenters. The first-order valence-electron chi connectivity index (χ1n) is 18.2. The van der Waals surface area contributed by atoms with Gasteiger partial charge >= 0.3 is 23.7 Å². The van der Waals surface area contributed by atoms with Crippen LogP contribution in [0.5, 0.6) is 0 Å². The summed E-state index contributed by atoms with van der Waals surface area (Å²) in [7, 11) is 0. The SMILES string of the molecule is CC(C)n1c(=O)oc2cc(N3C[C@H](CCC(=O)c4ccc(Cl)s4)OC3=O)ccc21.CC(C)n1c(=O)oc2cc(N3C[C@H](CN)OC3=O)ccc21.Cl.O=C(Cl)c1ccc(Cl)s1. The number of anilines is 2. The monoisotopic (exact) mass is 941 g/mol. The first-order valence-corrected chi connectivity index (χ1v) is 21.0. The molecule has 0 saturated carbocycles. The van der Waals surface area contributed by atoms with Crippen molar-refractivity contribution in [1.29, 1.82) is 0 Å². The molecular formula is C39H39Cl4N5O10S2. The number of Topliss-reactive ketones (excluding diaryl/α,β-unsaturated/α-hetero) is 1. The van der Waals surface area contributed by atoms with E-state index in [9.17, 15) is 28.8 Å². The predicted molar refractivity (Wildman–Crippen MR) is 236 cm³/mol. The summed E-state index contributed by atoms with van der Waals surface area (Å²) in [5.41, 5.74) is 9.00. The second-order valence-corrected chi connectivity index (χ2v) is 17.7. The van der Waals surface area contributed by atoms with Gasteiger partial charge in [-0.1, -0.05) is 23.2 Å². The number of cyclic esters (lactones) is 2. The van der Waals surface area contributed by atoms with E-state index in [1.54, 1.807) is 69.8 Å². The first kappa shape index (κ1) is 46.4. The van der Waals surface area contributed by atoms with Gasteiger partial charge in [-0.15, -0.1) is 35.1 Å². The molecule has 6 heterocycles. The molecule has 21 heteroatoms.